The van der Waals surface area contributed by atoms with Crippen LogP contribution in [0.25, 0.3) is 0 Å². The molecule has 1 aliphatic rings. The Kier molecular flexibility index (Phi) is 3.62. The van der Waals surface area contributed by atoms with E-state index in [1.807, 2.05) is 0 Å². The van der Waals surface area contributed by atoms with Crippen molar-refractivity contribution in [2.24, 2.45) is 0 Å². The van der Waals surface area contributed by atoms with E-state index in [2.05, 4.69) is 10.0 Å². The Balaban J connectivity index is 2.36. The van der Waals surface area contributed by atoms with Crippen LogP contribution < -0.4 is 10.0 Å². The maximum atomic E-state index is 12.1. The Morgan fingerprint density at radius 1 is 1.47 bits per heavy atom. The van der Waals surface area contributed by atoms with Gasteiger partial charge in [-0.05, 0) is 37.6 Å². The number of amides is 1. The van der Waals surface area contributed by atoms with Crippen LogP contribution >= 0.6 is 0 Å². The molecule has 0 aliphatic carbocycles. The number of carbonyl (C=O) groups is 1. The lowest BCUT2D eigenvalue weighted by molar-refractivity contribution is -0.116. The lowest BCUT2D eigenvalue weighted by atomic mass is 10.0. The molecule has 1 heterocycles. The number of anilines is 1. The first kappa shape index (κ1) is 14.0. The minimum absolute atomic E-state index is 0.0925. The van der Waals surface area contributed by atoms with Crippen molar-refractivity contribution in [2.75, 3.05) is 11.9 Å². The molecule has 0 radical (unpaired) electrons. The van der Waals surface area contributed by atoms with Crippen molar-refractivity contribution in [1.29, 1.82) is 0 Å². The highest BCUT2D eigenvalue weighted by atomic mass is 32.2. The van der Waals surface area contributed by atoms with Gasteiger partial charge in [0, 0.05) is 11.7 Å². The van der Waals surface area contributed by atoms with E-state index >= 15 is 0 Å². The van der Waals surface area contributed by atoms with Crippen molar-refractivity contribution in [1.82, 2.24) is 4.72 Å². The Morgan fingerprint density at radius 3 is 2.79 bits per heavy atom. The number of hydrogen-bond acceptors (Lipinski definition) is 4. The van der Waals surface area contributed by atoms with Gasteiger partial charge in [0.15, 0.2) is 0 Å². The third-order valence-electron chi connectivity index (χ3n) is 3.08. The number of aliphatic hydroxyl groups excluding tert-OH is 1. The molecule has 0 fully saturated rings. The quantitative estimate of drug-likeness (QED) is 0.746. The van der Waals surface area contributed by atoms with Crippen LogP contribution in [0.3, 0.4) is 0 Å². The SMILES string of the molecule is CC1C(=O)Nc2ccc(S(=O)(=O)N[C@H](C)CO)cc21. The van der Waals surface area contributed by atoms with Gasteiger partial charge in [0.25, 0.3) is 0 Å². The Morgan fingerprint density at radius 2 is 2.16 bits per heavy atom. The molecule has 0 saturated carbocycles. The number of fused-ring (bicyclic) bond motifs is 1. The molecule has 2 rings (SSSR count). The van der Waals surface area contributed by atoms with E-state index in [1.54, 1.807) is 19.9 Å². The van der Waals surface area contributed by atoms with Gasteiger partial charge in [-0.1, -0.05) is 0 Å². The standard InChI is InChI=1S/C12H16N2O4S/c1-7(6-15)14-19(17,18)9-3-4-11-10(5-9)8(2)12(16)13-11/h3-5,7-8,14-15H,6H2,1-2H3,(H,13,16)/t7-,8?/m1/s1. The first-order chi connectivity index (χ1) is 8.85. The van der Waals surface area contributed by atoms with Crippen LogP contribution in [0.5, 0.6) is 0 Å². The summed E-state index contributed by atoms with van der Waals surface area (Å²) in [6.45, 7) is 3.01. The van der Waals surface area contributed by atoms with Crippen molar-refractivity contribution in [3.05, 3.63) is 23.8 Å². The fourth-order valence-electron chi connectivity index (χ4n) is 1.93. The minimum Gasteiger partial charge on any atom is -0.395 e. The molecule has 1 amide bonds. The van der Waals surface area contributed by atoms with Crippen LogP contribution in [0.1, 0.15) is 25.3 Å². The summed E-state index contributed by atoms with van der Waals surface area (Å²) in [5.74, 6) is -0.498. The third kappa shape index (κ3) is 2.63. The lowest BCUT2D eigenvalue weighted by Crippen LogP contribution is -2.35. The summed E-state index contributed by atoms with van der Waals surface area (Å²) in [5, 5.41) is 11.6. The summed E-state index contributed by atoms with van der Waals surface area (Å²) in [6.07, 6.45) is 0. The van der Waals surface area contributed by atoms with Gasteiger partial charge in [0.2, 0.25) is 15.9 Å². The molecule has 0 saturated heterocycles. The average Bonchev–Trinajstić information content (AvgIpc) is 2.64. The zero-order valence-corrected chi connectivity index (χ0v) is 11.5. The second-order valence-corrected chi connectivity index (χ2v) is 6.38. The maximum Gasteiger partial charge on any atom is 0.240 e. The van der Waals surface area contributed by atoms with Gasteiger partial charge in [-0.15, -0.1) is 0 Å². The number of aliphatic hydroxyl groups is 1. The van der Waals surface area contributed by atoms with Gasteiger partial charge in [-0.2, -0.15) is 0 Å². The molecule has 1 unspecified atom stereocenters. The number of hydrogen-bond donors (Lipinski definition) is 3. The molecule has 1 aromatic carbocycles. The monoisotopic (exact) mass is 284 g/mol. The van der Waals surface area contributed by atoms with Crippen molar-refractivity contribution < 1.29 is 18.3 Å². The average molecular weight is 284 g/mol. The van der Waals surface area contributed by atoms with Gasteiger partial charge < -0.3 is 10.4 Å². The predicted octanol–water partition coefficient (Wildman–Crippen LogP) is 0.401. The summed E-state index contributed by atoms with van der Waals surface area (Å²) in [4.78, 5) is 11.6. The molecular formula is C12H16N2O4S. The lowest BCUT2D eigenvalue weighted by Gasteiger charge is -2.12. The Bertz CT molecular complexity index is 612. The van der Waals surface area contributed by atoms with Crippen molar-refractivity contribution in [3.8, 4) is 0 Å². The van der Waals surface area contributed by atoms with Crippen LogP contribution in [-0.4, -0.2) is 32.1 Å². The highest BCUT2D eigenvalue weighted by Gasteiger charge is 2.28. The molecule has 3 N–H and O–H groups in total. The van der Waals surface area contributed by atoms with E-state index in [0.29, 0.717) is 11.3 Å². The molecule has 104 valence electrons. The summed E-state index contributed by atoms with van der Waals surface area (Å²) in [7, 11) is -3.68. The van der Waals surface area contributed by atoms with Crippen molar-refractivity contribution >= 4 is 21.6 Å². The molecule has 19 heavy (non-hydrogen) atoms. The van der Waals surface area contributed by atoms with Crippen LogP contribution in [0.2, 0.25) is 0 Å². The number of carbonyl (C=O) groups excluding carboxylic acids is 1. The van der Waals surface area contributed by atoms with Gasteiger partial charge >= 0.3 is 0 Å². The summed E-state index contributed by atoms with van der Waals surface area (Å²) in [6, 6.07) is 3.94. The maximum absolute atomic E-state index is 12.1. The molecule has 1 aliphatic heterocycles. The van der Waals surface area contributed by atoms with Gasteiger partial charge in [-0.3, -0.25) is 4.79 Å². The summed E-state index contributed by atoms with van der Waals surface area (Å²) in [5.41, 5.74) is 1.32. The topological polar surface area (TPSA) is 95.5 Å². The Hall–Kier alpha value is -1.44. The largest absolute Gasteiger partial charge is 0.395 e. The molecule has 2 atom stereocenters. The molecule has 0 bridgehead atoms. The zero-order valence-electron chi connectivity index (χ0n) is 10.7. The van der Waals surface area contributed by atoms with Crippen LogP contribution in [-0.2, 0) is 14.8 Å². The molecular weight excluding hydrogens is 268 g/mol. The molecule has 6 nitrogen and oxygen atoms in total. The second-order valence-electron chi connectivity index (χ2n) is 4.66. The smallest absolute Gasteiger partial charge is 0.240 e. The van der Waals surface area contributed by atoms with Gasteiger partial charge in [0.05, 0.1) is 17.4 Å². The number of sulfonamides is 1. The highest BCUT2D eigenvalue weighted by molar-refractivity contribution is 7.89. The Labute approximate surface area is 111 Å². The fraction of sp³-hybridized carbons (Fsp3) is 0.417. The van der Waals surface area contributed by atoms with E-state index in [4.69, 9.17) is 5.11 Å². The molecule has 7 heteroatoms. The van der Waals surface area contributed by atoms with Crippen molar-refractivity contribution in [2.45, 2.75) is 30.7 Å². The summed E-state index contributed by atoms with van der Waals surface area (Å²) < 4.78 is 26.5. The fourth-order valence-corrected chi connectivity index (χ4v) is 3.20. The van der Waals surface area contributed by atoms with E-state index < -0.39 is 16.1 Å². The minimum atomic E-state index is -3.68. The van der Waals surface area contributed by atoms with E-state index in [1.165, 1.54) is 12.1 Å². The number of benzene rings is 1. The van der Waals surface area contributed by atoms with Crippen LogP contribution in [0.15, 0.2) is 23.1 Å². The van der Waals surface area contributed by atoms with E-state index in [0.717, 1.165) is 0 Å². The molecule has 0 spiro atoms. The van der Waals surface area contributed by atoms with Crippen LogP contribution in [0.4, 0.5) is 5.69 Å². The normalized spacial score (nSPS) is 19.9. The van der Waals surface area contributed by atoms with E-state index in [9.17, 15) is 13.2 Å². The number of nitrogens with one attached hydrogen (secondary N) is 2. The van der Waals surface area contributed by atoms with Gasteiger partial charge in [-0.25, -0.2) is 13.1 Å². The molecule has 1 aromatic rings. The van der Waals surface area contributed by atoms with Crippen molar-refractivity contribution in [3.63, 3.8) is 0 Å². The van der Waals surface area contributed by atoms with Gasteiger partial charge in [0.1, 0.15) is 0 Å². The first-order valence-corrected chi connectivity index (χ1v) is 7.41. The third-order valence-corrected chi connectivity index (χ3v) is 4.67. The zero-order chi connectivity index (χ0) is 14.2. The summed E-state index contributed by atoms with van der Waals surface area (Å²) >= 11 is 0. The molecule has 0 aromatic heterocycles. The second kappa shape index (κ2) is 4.92. The van der Waals surface area contributed by atoms with Crippen LogP contribution in [0, 0.1) is 0 Å². The van der Waals surface area contributed by atoms with E-state index in [-0.39, 0.29) is 23.3 Å². The highest BCUT2D eigenvalue weighted by Crippen LogP contribution is 2.33. The predicted molar refractivity (Wildman–Crippen MR) is 70.4 cm³/mol. The number of rotatable bonds is 4. The first-order valence-electron chi connectivity index (χ1n) is 5.93.